The van der Waals surface area contributed by atoms with Gasteiger partial charge in [-0.3, -0.25) is 19.4 Å². The molecule has 1 aromatic heterocycles. The third kappa shape index (κ3) is 3.76. The predicted octanol–water partition coefficient (Wildman–Crippen LogP) is 3.31. The molecular formula is C23H21F3N2O4. The fourth-order valence-corrected chi connectivity index (χ4v) is 4.79. The average molecular weight is 446 g/mol. The second-order valence-corrected chi connectivity index (χ2v) is 8.48. The fraction of sp³-hybridized carbons (Fsp3) is 0.391. The van der Waals surface area contributed by atoms with Crippen molar-refractivity contribution in [2.45, 2.75) is 32.1 Å². The van der Waals surface area contributed by atoms with Gasteiger partial charge in [0.05, 0.1) is 19.0 Å². The highest BCUT2D eigenvalue weighted by Gasteiger charge is 2.54. The van der Waals surface area contributed by atoms with E-state index in [0.29, 0.717) is 28.1 Å². The largest absolute Gasteiger partial charge is 0.496 e. The first-order valence-corrected chi connectivity index (χ1v) is 10.1. The van der Waals surface area contributed by atoms with Crippen LogP contribution in [0.3, 0.4) is 0 Å². The minimum Gasteiger partial charge on any atom is -0.496 e. The van der Waals surface area contributed by atoms with Crippen LogP contribution in [0.5, 0.6) is 5.75 Å². The number of hydrogen-bond donors (Lipinski definition) is 0. The molecule has 1 saturated heterocycles. The zero-order chi connectivity index (χ0) is 23.2. The van der Waals surface area contributed by atoms with Crippen molar-refractivity contribution in [2.24, 2.45) is 5.41 Å². The number of ether oxygens (including phenoxy) is 1. The number of likely N-dealkylation sites (tertiary alicyclic amines) is 1. The normalized spacial score (nSPS) is 18.2. The molecule has 0 unspecified atom stereocenters. The summed E-state index contributed by atoms with van der Waals surface area (Å²) in [5, 5.41) is 0. The summed E-state index contributed by atoms with van der Waals surface area (Å²) in [6.07, 6.45) is -1.95. The molecule has 1 aliphatic heterocycles. The molecule has 9 heteroatoms. The van der Waals surface area contributed by atoms with Crippen molar-refractivity contribution in [1.29, 1.82) is 0 Å². The van der Waals surface area contributed by atoms with Crippen LogP contribution in [0.1, 0.15) is 29.9 Å². The number of carbonyl (C=O) groups is 3. The van der Waals surface area contributed by atoms with Gasteiger partial charge in [-0.05, 0) is 36.8 Å². The lowest BCUT2D eigenvalue weighted by Crippen LogP contribution is -2.63. The maximum Gasteiger partial charge on any atom is 0.315 e. The van der Waals surface area contributed by atoms with Crippen LogP contribution in [0.25, 0.3) is 11.3 Å². The number of rotatable bonds is 4. The van der Waals surface area contributed by atoms with E-state index in [9.17, 15) is 27.6 Å². The van der Waals surface area contributed by atoms with Crippen molar-refractivity contribution in [3.8, 4) is 17.0 Å². The molecule has 4 rings (SSSR count). The maximum absolute atomic E-state index is 13.2. The molecule has 1 saturated carbocycles. The fourth-order valence-electron chi connectivity index (χ4n) is 4.79. The van der Waals surface area contributed by atoms with E-state index in [2.05, 4.69) is 4.98 Å². The highest BCUT2D eigenvalue weighted by Crippen LogP contribution is 2.47. The summed E-state index contributed by atoms with van der Waals surface area (Å²) in [5.41, 5.74) is 1.50. The summed E-state index contributed by atoms with van der Waals surface area (Å²) < 4.78 is 44.0. The quantitative estimate of drug-likeness (QED) is 0.674. The van der Waals surface area contributed by atoms with Gasteiger partial charge < -0.3 is 9.64 Å². The van der Waals surface area contributed by atoms with Crippen molar-refractivity contribution in [3.05, 3.63) is 47.4 Å². The predicted molar refractivity (Wildman–Crippen MR) is 108 cm³/mol. The molecule has 0 atom stereocenters. The zero-order valence-corrected chi connectivity index (χ0v) is 17.5. The molecule has 6 nitrogen and oxygen atoms in total. The lowest BCUT2D eigenvalue weighted by molar-refractivity contribution is -0.162. The minimum absolute atomic E-state index is 0.0222. The first-order valence-electron chi connectivity index (χ1n) is 10.1. The number of aryl methyl sites for hydroxylation is 1. The number of halogens is 3. The Hall–Kier alpha value is -3.23. The van der Waals surface area contributed by atoms with Gasteiger partial charge in [-0.15, -0.1) is 0 Å². The Kier molecular flexibility index (Phi) is 5.52. The SMILES string of the molecule is COc1cc(-c2ccc(F)cn2)cc(C)c1C1C(=O)CC2(CC1=O)CN(C(=O)C(F)F)C2. The van der Waals surface area contributed by atoms with E-state index in [4.69, 9.17) is 4.74 Å². The van der Waals surface area contributed by atoms with E-state index in [1.54, 1.807) is 19.1 Å². The van der Waals surface area contributed by atoms with Crippen LogP contribution >= 0.6 is 0 Å². The summed E-state index contributed by atoms with van der Waals surface area (Å²) in [6, 6.07) is 6.22. The van der Waals surface area contributed by atoms with E-state index in [1.807, 2.05) is 0 Å². The summed E-state index contributed by atoms with van der Waals surface area (Å²) >= 11 is 0. The van der Waals surface area contributed by atoms with Gasteiger partial charge in [-0.1, -0.05) is 0 Å². The molecule has 0 N–H and O–H groups in total. The second kappa shape index (κ2) is 8.03. The minimum atomic E-state index is -3.10. The number of nitrogens with zero attached hydrogens (tertiary/aromatic N) is 2. The molecule has 0 radical (unpaired) electrons. The molecule has 2 fully saturated rings. The molecule has 168 valence electrons. The van der Waals surface area contributed by atoms with E-state index in [0.717, 1.165) is 11.1 Å². The monoisotopic (exact) mass is 446 g/mol. The number of benzene rings is 1. The van der Waals surface area contributed by atoms with Gasteiger partial charge in [0.25, 0.3) is 5.91 Å². The van der Waals surface area contributed by atoms with Gasteiger partial charge in [0.1, 0.15) is 29.1 Å². The maximum atomic E-state index is 13.2. The molecule has 1 aromatic carbocycles. The van der Waals surface area contributed by atoms with E-state index < -0.39 is 29.5 Å². The summed E-state index contributed by atoms with van der Waals surface area (Å²) in [6.45, 7) is 1.71. The van der Waals surface area contributed by atoms with Crippen molar-refractivity contribution >= 4 is 17.5 Å². The smallest absolute Gasteiger partial charge is 0.315 e. The Morgan fingerprint density at radius 2 is 1.84 bits per heavy atom. The summed E-state index contributed by atoms with van der Waals surface area (Å²) in [5.74, 6) is -3.06. The molecule has 1 spiro atoms. The van der Waals surface area contributed by atoms with Crippen molar-refractivity contribution in [1.82, 2.24) is 9.88 Å². The molecule has 2 aromatic rings. The third-order valence-corrected chi connectivity index (χ3v) is 6.17. The van der Waals surface area contributed by atoms with Gasteiger partial charge >= 0.3 is 6.43 Å². The molecule has 1 aliphatic carbocycles. The molecule has 1 amide bonds. The zero-order valence-electron chi connectivity index (χ0n) is 17.5. The van der Waals surface area contributed by atoms with Crippen molar-refractivity contribution in [2.75, 3.05) is 20.2 Å². The number of methoxy groups -OCH3 is 1. The third-order valence-electron chi connectivity index (χ3n) is 6.17. The average Bonchev–Trinajstić information content (AvgIpc) is 2.72. The molecule has 2 aliphatic rings. The van der Waals surface area contributed by atoms with Gasteiger partial charge in [0.15, 0.2) is 0 Å². The molecular weight excluding hydrogens is 425 g/mol. The lowest BCUT2D eigenvalue weighted by Gasteiger charge is -2.52. The van der Waals surface area contributed by atoms with E-state index in [-0.39, 0.29) is 37.5 Å². The van der Waals surface area contributed by atoms with E-state index in [1.165, 1.54) is 19.2 Å². The van der Waals surface area contributed by atoms with Crippen molar-refractivity contribution < 1.29 is 32.3 Å². The number of ketones is 2. The lowest BCUT2D eigenvalue weighted by atomic mass is 9.63. The Morgan fingerprint density at radius 1 is 1.19 bits per heavy atom. The summed E-state index contributed by atoms with van der Waals surface area (Å²) in [4.78, 5) is 42.6. The number of Topliss-reactive ketones (excluding diaryl/α,β-unsaturated/α-hetero) is 2. The highest BCUT2D eigenvalue weighted by molar-refractivity contribution is 6.11. The number of aromatic nitrogens is 1. The number of carbonyl (C=O) groups excluding carboxylic acids is 3. The van der Waals surface area contributed by atoms with Crippen LogP contribution in [0.2, 0.25) is 0 Å². The van der Waals surface area contributed by atoms with Crippen LogP contribution in [-0.2, 0) is 14.4 Å². The van der Waals surface area contributed by atoms with Crippen LogP contribution in [0, 0.1) is 18.2 Å². The molecule has 2 heterocycles. The molecule has 0 bridgehead atoms. The summed E-state index contributed by atoms with van der Waals surface area (Å²) in [7, 11) is 1.43. The van der Waals surface area contributed by atoms with Crippen LogP contribution in [-0.4, -0.2) is 54.0 Å². The first kappa shape index (κ1) is 22.0. The van der Waals surface area contributed by atoms with Gasteiger partial charge in [-0.2, -0.15) is 8.78 Å². The van der Waals surface area contributed by atoms with E-state index >= 15 is 0 Å². The Morgan fingerprint density at radius 3 is 2.38 bits per heavy atom. The van der Waals surface area contributed by atoms with Crippen LogP contribution in [0.15, 0.2) is 30.5 Å². The highest BCUT2D eigenvalue weighted by atomic mass is 19.3. The second-order valence-electron chi connectivity index (χ2n) is 8.48. The number of hydrogen-bond acceptors (Lipinski definition) is 5. The topological polar surface area (TPSA) is 76.6 Å². The van der Waals surface area contributed by atoms with Gasteiger partial charge in [0.2, 0.25) is 0 Å². The number of alkyl halides is 2. The standard InChI is InChI=1S/C23H21F3N2O4/c1-12-5-13(15-4-3-14(24)9-27-15)6-18(32-2)19(12)20-16(29)7-23(8-17(20)30)10-28(11-23)22(31)21(25)26/h3-6,9,20-21H,7-8,10-11H2,1-2H3. The van der Waals surface area contributed by atoms with Crippen LogP contribution in [0.4, 0.5) is 13.2 Å². The van der Waals surface area contributed by atoms with Gasteiger partial charge in [0, 0.05) is 42.5 Å². The first-order chi connectivity index (χ1) is 15.1. The van der Waals surface area contributed by atoms with Crippen LogP contribution < -0.4 is 4.74 Å². The number of pyridine rings is 1. The van der Waals surface area contributed by atoms with Crippen molar-refractivity contribution in [3.63, 3.8) is 0 Å². The Bertz CT molecular complexity index is 1080. The van der Waals surface area contributed by atoms with Gasteiger partial charge in [-0.25, -0.2) is 4.39 Å². The Labute approximate surface area is 182 Å². The molecule has 32 heavy (non-hydrogen) atoms. The Balaban J connectivity index is 1.60. The number of amides is 1.